The van der Waals surface area contributed by atoms with Crippen molar-refractivity contribution in [1.82, 2.24) is 20.4 Å². The number of carbonyl (C=O) groups excluding carboxylic acids is 2. The zero-order chi connectivity index (χ0) is 28.1. The largest absolute Gasteiger partial charge is 0.350 e. The van der Waals surface area contributed by atoms with Crippen LogP contribution in [0.4, 0.5) is 0 Å². The van der Waals surface area contributed by atoms with Crippen molar-refractivity contribution in [3.05, 3.63) is 71.8 Å². The number of rotatable bonds is 9. The lowest BCUT2D eigenvalue weighted by atomic mass is 9.87. The lowest BCUT2D eigenvalue weighted by Gasteiger charge is -2.46. The van der Waals surface area contributed by atoms with Gasteiger partial charge in [-0.05, 0) is 30.0 Å². The van der Waals surface area contributed by atoms with E-state index in [0.29, 0.717) is 31.3 Å². The van der Waals surface area contributed by atoms with Gasteiger partial charge in [0.05, 0.1) is 6.54 Å². The molecule has 39 heavy (non-hydrogen) atoms. The molecule has 1 fully saturated rings. The number of benzene rings is 2. The van der Waals surface area contributed by atoms with Crippen molar-refractivity contribution in [2.75, 3.05) is 45.0 Å². The van der Waals surface area contributed by atoms with Gasteiger partial charge in [0.1, 0.15) is 0 Å². The van der Waals surface area contributed by atoms with Crippen molar-refractivity contribution in [3.8, 4) is 0 Å². The van der Waals surface area contributed by atoms with E-state index in [9.17, 15) is 9.59 Å². The Balaban J connectivity index is 0.00000134. The van der Waals surface area contributed by atoms with Crippen LogP contribution in [0.15, 0.2) is 65.7 Å². The normalized spacial score (nSPS) is 21.1. The molecule has 2 unspecified atom stereocenters. The topological polar surface area (TPSA) is 77.0 Å². The molecule has 2 heterocycles. The highest BCUT2D eigenvalue weighted by Crippen LogP contribution is 2.36. The van der Waals surface area contributed by atoms with E-state index in [1.54, 1.807) is 11.8 Å². The van der Waals surface area contributed by atoms with Crippen LogP contribution in [0.5, 0.6) is 0 Å². The Labute approximate surface area is 238 Å². The number of hydrogen-bond acceptors (Lipinski definition) is 6. The van der Waals surface area contributed by atoms with Crippen molar-refractivity contribution in [1.29, 1.82) is 0 Å². The van der Waals surface area contributed by atoms with Gasteiger partial charge in [-0.15, -0.1) is 0 Å². The molecule has 212 valence electrons. The highest BCUT2D eigenvalue weighted by Gasteiger charge is 2.50. The molecule has 2 atom stereocenters. The first kappa shape index (κ1) is 30.7. The second-order valence-corrected chi connectivity index (χ2v) is 11.2. The van der Waals surface area contributed by atoms with E-state index in [1.165, 1.54) is 6.42 Å². The predicted molar refractivity (Wildman–Crippen MR) is 163 cm³/mol. The quantitative estimate of drug-likeness (QED) is 0.449. The van der Waals surface area contributed by atoms with Crippen LogP contribution in [-0.4, -0.2) is 71.8 Å². The van der Waals surface area contributed by atoms with Crippen LogP contribution < -0.4 is 10.6 Å². The summed E-state index contributed by atoms with van der Waals surface area (Å²) in [5.74, 6) is 0.594. The number of nitrogens with one attached hydrogen (secondary N) is 2. The van der Waals surface area contributed by atoms with E-state index in [0.717, 1.165) is 42.3 Å². The molecule has 2 aliphatic heterocycles. The maximum atomic E-state index is 14.2. The van der Waals surface area contributed by atoms with Gasteiger partial charge in [-0.2, -0.15) is 0 Å². The van der Waals surface area contributed by atoms with Crippen molar-refractivity contribution in [2.45, 2.75) is 52.6 Å². The average Bonchev–Trinajstić information content (AvgIpc) is 2.94. The van der Waals surface area contributed by atoms with Gasteiger partial charge >= 0.3 is 0 Å². The van der Waals surface area contributed by atoms with Gasteiger partial charge < -0.3 is 20.4 Å². The molecule has 2 aromatic carbocycles. The lowest BCUT2D eigenvalue weighted by molar-refractivity contribution is -0.148. The third-order valence-corrected chi connectivity index (χ3v) is 7.91. The second kappa shape index (κ2) is 15.7. The van der Waals surface area contributed by atoms with Crippen molar-refractivity contribution < 1.29 is 9.59 Å². The zero-order valence-electron chi connectivity index (χ0n) is 24.0. The first-order valence-corrected chi connectivity index (χ1v) is 15.3. The minimum absolute atomic E-state index is 0.0471. The zero-order valence-corrected chi connectivity index (χ0v) is 24.8. The monoisotopic (exact) mass is 551 g/mol. The lowest BCUT2D eigenvalue weighted by Crippen LogP contribution is -2.64. The Kier molecular flexibility index (Phi) is 12.3. The van der Waals surface area contributed by atoms with Crippen LogP contribution in [0, 0.1) is 5.92 Å². The smallest absolute Gasteiger partial charge is 0.251 e. The molecule has 2 aromatic rings. The van der Waals surface area contributed by atoms with E-state index in [2.05, 4.69) is 43.2 Å². The number of amides is 2. The van der Waals surface area contributed by atoms with E-state index < -0.39 is 5.54 Å². The predicted octanol–water partition coefficient (Wildman–Crippen LogP) is 4.50. The number of carbonyl (C=O) groups is 2. The van der Waals surface area contributed by atoms with Gasteiger partial charge in [-0.3, -0.25) is 14.6 Å². The van der Waals surface area contributed by atoms with Crippen molar-refractivity contribution in [2.24, 2.45) is 10.9 Å². The van der Waals surface area contributed by atoms with Crippen molar-refractivity contribution >= 4 is 28.7 Å². The molecule has 0 saturated carbocycles. The maximum Gasteiger partial charge on any atom is 0.251 e. The number of aliphatic imine (C=N–C) groups is 1. The van der Waals surface area contributed by atoms with E-state index in [-0.39, 0.29) is 18.4 Å². The summed E-state index contributed by atoms with van der Waals surface area (Å²) in [5.41, 5.74) is 0.695. The molecule has 2 N–H and O–H groups in total. The summed E-state index contributed by atoms with van der Waals surface area (Å²) in [6.45, 7) is 12.7. The Morgan fingerprint density at radius 2 is 1.72 bits per heavy atom. The Hall–Kier alpha value is -2.84. The first-order valence-electron chi connectivity index (χ1n) is 14.3. The van der Waals surface area contributed by atoms with E-state index >= 15 is 0 Å². The summed E-state index contributed by atoms with van der Waals surface area (Å²) in [5, 5.41) is 7.45. The molecule has 0 spiro atoms. The fraction of sp³-hybridized carbons (Fsp3) is 0.516. The molecule has 0 radical (unpaired) electrons. The molecule has 4 rings (SSSR count). The summed E-state index contributed by atoms with van der Waals surface area (Å²) in [6, 6.07) is 19.6. The number of fused-ring (bicyclic) bond motifs is 1. The third-order valence-electron chi connectivity index (χ3n) is 6.70. The summed E-state index contributed by atoms with van der Waals surface area (Å²) >= 11 is 1.59. The summed E-state index contributed by atoms with van der Waals surface area (Å²) < 4.78 is 0. The molecule has 0 aromatic heterocycles. The molecule has 0 aliphatic carbocycles. The Morgan fingerprint density at radius 3 is 2.38 bits per heavy atom. The van der Waals surface area contributed by atoms with E-state index in [1.807, 2.05) is 65.6 Å². The molecule has 0 bridgehead atoms. The minimum Gasteiger partial charge on any atom is -0.350 e. The van der Waals surface area contributed by atoms with Gasteiger partial charge in [0, 0.05) is 38.5 Å². The molecule has 2 aliphatic rings. The Bertz CT molecular complexity index is 1070. The number of hydrogen-bond donors (Lipinski definition) is 2. The number of amidine groups is 1. The minimum atomic E-state index is -1.15. The molecule has 2 amide bonds. The fourth-order valence-corrected chi connectivity index (χ4v) is 6.11. The summed E-state index contributed by atoms with van der Waals surface area (Å²) in [7, 11) is 0. The second-order valence-electron chi connectivity index (χ2n) is 10.3. The number of thioether (sulfide) groups is 1. The van der Waals surface area contributed by atoms with Gasteiger partial charge in [0.2, 0.25) is 5.91 Å². The molecular weight excluding hydrogens is 506 g/mol. The van der Waals surface area contributed by atoms with Crippen LogP contribution >= 0.6 is 11.8 Å². The van der Waals surface area contributed by atoms with Gasteiger partial charge in [0.25, 0.3) is 5.91 Å². The van der Waals surface area contributed by atoms with Crippen LogP contribution in [0.25, 0.3) is 0 Å². The third kappa shape index (κ3) is 8.08. The van der Waals surface area contributed by atoms with Crippen LogP contribution in [0.2, 0.25) is 0 Å². The summed E-state index contributed by atoms with van der Waals surface area (Å²) in [4.78, 5) is 36.9. The van der Waals surface area contributed by atoms with Crippen LogP contribution in [0.3, 0.4) is 0 Å². The standard InChI is InChI=1S/C28H37N5O2S.C3H8/c1-3-14-29-15-16-33-25(34)20-32-19-22(2)17-31-27(32)36-21-28(33,24-12-8-5-9-13-24)26(35)30-18-23-10-6-4-7-11-23;1-3-2/h4-13,22,29H,3,14-21H2,1-2H3,(H,30,35);3H2,1-2H3. The molecule has 1 saturated heterocycles. The molecular formula is C31H45N5O2S. The van der Waals surface area contributed by atoms with Crippen molar-refractivity contribution in [3.63, 3.8) is 0 Å². The Morgan fingerprint density at radius 1 is 1.05 bits per heavy atom. The molecule has 8 heteroatoms. The fourth-order valence-electron chi connectivity index (χ4n) is 4.83. The first-order chi connectivity index (χ1) is 19.0. The number of nitrogens with zero attached hydrogens (tertiary/aromatic N) is 3. The van der Waals surface area contributed by atoms with Crippen LogP contribution in [0.1, 0.15) is 51.7 Å². The maximum absolute atomic E-state index is 14.2. The summed E-state index contributed by atoms with van der Waals surface area (Å²) in [6.07, 6.45) is 2.26. The highest BCUT2D eigenvalue weighted by molar-refractivity contribution is 8.13. The van der Waals surface area contributed by atoms with Crippen LogP contribution in [-0.2, 0) is 21.7 Å². The van der Waals surface area contributed by atoms with E-state index in [4.69, 9.17) is 4.99 Å². The molecule has 7 nitrogen and oxygen atoms in total. The SMILES string of the molecule is CCC.CCCNCCN1C(=O)CN2CC(C)CN=C2SCC1(C(=O)NCc1ccccc1)c1ccccc1. The average molecular weight is 552 g/mol. The van der Waals surface area contributed by atoms with Gasteiger partial charge in [-0.25, -0.2) is 0 Å². The highest BCUT2D eigenvalue weighted by atomic mass is 32.2. The van der Waals surface area contributed by atoms with Gasteiger partial charge in [-0.1, -0.05) is 107 Å². The van der Waals surface area contributed by atoms with Gasteiger partial charge in [0.15, 0.2) is 10.7 Å².